The maximum absolute atomic E-state index is 13.9. The molecule has 10 aromatic carbocycles. The molecule has 10 aromatic rings. The predicted molar refractivity (Wildman–Crippen MR) is 440 cm³/mol. The SMILES string of the molecule is CC(C)(C)OC(=O)N1CCN(C(=O)c2cccc(COc3cccc(F)c3C(N)=O)c2)CC1.COC(=O)c1c(O)cccc1F.COC(=O)c1cccc(COc2cccc(F)c2C(N)=O)c1.NC(=O)c1c(F)cccc1OCc1cccc(C(=O)N2CCNCC2)c1.NC(=O)c1c(F)cccc1OCc1cccc(C(=O)O)c1.NC(=O)c1c(O)cccc1F. The van der Waals surface area contributed by atoms with Crippen LogP contribution >= 0.6 is 0 Å². The molecule has 0 saturated carbocycles. The number of benzene rings is 10. The van der Waals surface area contributed by atoms with Crippen LogP contribution in [0.4, 0.5) is 31.1 Å². The van der Waals surface area contributed by atoms with Crippen molar-refractivity contribution >= 4 is 65.4 Å². The van der Waals surface area contributed by atoms with Crippen molar-refractivity contribution in [2.45, 2.75) is 52.8 Å². The Morgan fingerprint density at radius 3 is 0.928 bits per heavy atom. The van der Waals surface area contributed by atoms with Gasteiger partial charge in [0.1, 0.15) is 135 Å². The summed E-state index contributed by atoms with van der Waals surface area (Å²) in [5.41, 5.74) is 27.0. The summed E-state index contributed by atoms with van der Waals surface area (Å²) in [4.78, 5) is 132. The number of carboxylic acid groups (broad SMARTS) is 1. The number of aromatic carboxylic acids is 1. The van der Waals surface area contributed by atoms with Gasteiger partial charge in [0.15, 0.2) is 0 Å². The molecule has 36 heteroatoms. The fourth-order valence-electron chi connectivity index (χ4n) is 11.6. The molecule has 14 N–H and O–H groups in total. The van der Waals surface area contributed by atoms with Crippen molar-refractivity contribution in [2.24, 2.45) is 28.7 Å². The fraction of sp³-hybridized carbons (Fsp3) is 0.202. The summed E-state index contributed by atoms with van der Waals surface area (Å²) in [5, 5.41) is 30.1. The number of amides is 8. The average molecular weight is 1730 g/mol. The molecule has 2 saturated heterocycles. The number of primary amides is 5. The van der Waals surface area contributed by atoms with Gasteiger partial charge in [-0.15, -0.1) is 0 Å². The van der Waals surface area contributed by atoms with E-state index in [1.54, 1.807) is 99.6 Å². The van der Waals surface area contributed by atoms with Crippen molar-refractivity contribution in [3.8, 4) is 34.5 Å². The van der Waals surface area contributed by atoms with Gasteiger partial charge in [-0.1, -0.05) is 84.9 Å². The van der Waals surface area contributed by atoms with E-state index in [1.165, 1.54) is 92.0 Å². The number of nitrogens with two attached hydrogens (primary N) is 5. The molecule has 0 bridgehead atoms. The minimum atomic E-state index is -1.06. The molecule has 656 valence electrons. The Morgan fingerprint density at radius 2 is 0.624 bits per heavy atom. The van der Waals surface area contributed by atoms with Gasteiger partial charge in [-0.05, 0) is 164 Å². The Bertz CT molecular complexity index is 5530. The lowest BCUT2D eigenvalue weighted by molar-refractivity contribution is 0.0140. The van der Waals surface area contributed by atoms with Crippen LogP contribution < -0.4 is 52.9 Å². The van der Waals surface area contributed by atoms with Gasteiger partial charge in [0.25, 0.3) is 41.4 Å². The molecule has 2 fully saturated rings. The molecule has 2 heterocycles. The summed E-state index contributed by atoms with van der Waals surface area (Å²) in [6.07, 6.45) is -0.388. The normalized spacial score (nSPS) is 11.9. The van der Waals surface area contributed by atoms with E-state index in [0.717, 1.165) is 62.2 Å². The lowest BCUT2D eigenvalue weighted by atomic mass is 10.1. The Balaban J connectivity index is 0.000000213. The molecule has 125 heavy (non-hydrogen) atoms. The smallest absolute Gasteiger partial charge is 0.410 e. The minimum Gasteiger partial charge on any atom is -0.507 e. The van der Waals surface area contributed by atoms with Crippen molar-refractivity contribution in [1.29, 1.82) is 0 Å². The molecular formula is C89H87F6N9O21. The number of rotatable bonds is 22. The quantitative estimate of drug-likeness (QED) is 0.0173. The molecule has 12 rings (SSSR count). The van der Waals surface area contributed by atoms with Crippen LogP contribution in [-0.4, -0.2) is 168 Å². The van der Waals surface area contributed by atoms with Gasteiger partial charge in [-0.2, -0.15) is 0 Å². The number of halogens is 6. The van der Waals surface area contributed by atoms with Crippen LogP contribution in [0, 0.1) is 34.9 Å². The molecule has 30 nitrogen and oxygen atoms in total. The zero-order chi connectivity index (χ0) is 91.8. The summed E-state index contributed by atoms with van der Waals surface area (Å²) in [7, 11) is 2.41. The van der Waals surface area contributed by atoms with Gasteiger partial charge >= 0.3 is 24.0 Å². The van der Waals surface area contributed by atoms with Crippen molar-refractivity contribution < 1.29 is 128 Å². The van der Waals surface area contributed by atoms with Crippen LogP contribution in [0.2, 0.25) is 0 Å². The highest BCUT2D eigenvalue weighted by Gasteiger charge is 2.30. The van der Waals surface area contributed by atoms with Crippen molar-refractivity contribution in [3.63, 3.8) is 0 Å². The van der Waals surface area contributed by atoms with Crippen LogP contribution in [0.1, 0.15) is 147 Å². The minimum absolute atomic E-state index is 0.00907. The number of aromatic hydroxyl groups is 2. The maximum atomic E-state index is 13.9. The van der Waals surface area contributed by atoms with Crippen LogP contribution in [0.15, 0.2) is 206 Å². The van der Waals surface area contributed by atoms with Crippen molar-refractivity contribution in [2.75, 3.05) is 66.6 Å². The number of hydrogen-bond acceptors (Lipinski definition) is 21. The Morgan fingerprint density at radius 1 is 0.352 bits per heavy atom. The second kappa shape index (κ2) is 46.3. The number of methoxy groups -OCH3 is 2. The summed E-state index contributed by atoms with van der Waals surface area (Å²) < 4.78 is 117. The first-order valence-corrected chi connectivity index (χ1v) is 37.5. The molecular weight excluding hydrogens is 1650 g/mol. The summed E-state index contributed by atoms with van der Waals surface area (Å²) in [5.74, 6) is -12.5. The number of phenols is 2. The van der Waals surface area contributed by atoms with Crippen LogP contribution in [-0.2, 0) is 40.6 Å². The number of carboxylic acids is 1. The van der Waals surface area contributed by atoms with E-state index in [0.29, 0.717) is 72.6 Å². The molecule has 0 spiro atoms. The fourth-order valence-corrected chi connectivity index (χ4v) is 11.6. The number of carbonyl (C=O) groups is 11. The van der Waals surface area contributed by atoms with Gasteiger partial charge < -0.3 is 97.2 Å². The number of nitrogens with zero attached hydrogens (tertiary/aromatic N) is 3. The number of ether oxygens (including phenoxy) is 7. The van der Waals surface area contributed by atoms with Crippen molar-refractivity contribution in [1.82, 2.24) is 20.0 Å². The highest BCUT2D eigenvalue weighted by Crippen LogP contribution is 2.29. The molecule has 0 unspecified atom stereocenters. The number of piperazine rings is 2. The van der Waals surface area contributed by atoms with Crippen LogP contribution in [0.3, 0.4) is 0 Å². The van der Waals surface area contributed by atoms with Gasteiger partial charge in [0, 0.05) is 63.5 Å². The largest absolute Gasteiger partial charge is 0.507 e. The third kappa shape index (κ3) is 28.6. The highest BCUT2D eigenvalue weighted by atomic mass is 19.1. The van der Waals surface area contributed by atoms with Crippen molar-refractivity contribution in [3.05, 3.63) is 319 Å². The van der Waals surface area contributed by atoms with Gasteiger partial charge in [-0.3, -0.25) is 33.6 Å². The van der Waals surface area contributed by atoms with Gasteiger partial charge in [0.05, 0.1) is 25.3 Å². The van der Waals surface area contributed by atoms with E-state index in [-0.39, 0.29) is 95.2 Å². The standard InChI is InChI=1S/C24H28FN3O5.C19H20FN3O3.C16H14FNO4.C15H12FNO4.C8H7FO3.C7H6FNO2/c1-24(2,3)33-23(31)28-12-10-27(11-13-28)22(30)17-7-4-6-16(14-17)15-32-19-9-5-8-18(25)20(19)21(26)29;20-15-5-2-6-16(17(15)18(21)24)26-12-13-3-1-4-14(11-13)19(25)23-9-7-22-8-10-23;1-21-16(20)11-5-2-4-10(8-11)9-22-13-7-3-6-12(17)14(13)15(18)19;16-11-5-2-6-12(13(11)14(17)18)21-8-9-3-1-4-10(7-9)15(19)20;1-12-8(11)7-5(9)3-2-4-6(7)10;8-4-2-1-3-5(10)6(4)7(9)11/h4-9,14H,10-13,15H2,1-3H3,(H2,26,29);1-6,11,22H,7-10,12H2,(H2,21,24);2-8H,9H2,1H3,(H2,18,19);1-7H,8H2,(H2,17,18)(H,19,20);2-4,10H,1H3;1-3,10H,(H2,9,11). The highest BCUT2D eigenvalue weighted by molar-refractivity contribution is 5.99. The molecule has 0 aromatic heterocycles. The van der Waals surface area contributed by atoms with E-state index in [9.17, 15) is 79.1 Å². The van der Waals surface area contributed by atoms with Crippen LogP contribution in [0.25, 0.3) is 0 Å². The maximum Gasteiger partial charge on any atom is 0.410 e. The zero-order valence-corrected chi connectivity index (χ0v) is 67.8. The van der Waals surface area contributed by atoms with E-state index in [2.05, 4.69) is 14.8 Å². The third-order valence-corrected chi connectivity index (χ3v) is 17.6. The second-order valence-electron chi connectivity index (χ2n) is 27.6. The first-order valence-electron chi connectivity index (χ1n) is 37.5. The molecule has 8 amide bonds. The molecule has 0 aliphatic carbocycles. The van der Waals surface area contributed by atoms with Crippen LogP contribution in [0.5, 0.6) is 34.5 Å². The molecule has 2 aliphatic rings. The number of hydrogen-bond donors (Lipinski definition) is 9. The topological polar surface area (TPSA) is 465 Å². The predicted octanol–water partition coefficient (Wildman–Crippen LogP) is 11.2. The van der Waals surface area contributed by atoms with E-state index in [4.69, 9.17) is 67.7 Å². The Hall–Kier alpha value is -15.5. The summed E-state index contributed by atoms with van der Waals surface area (Å²) in [6.45, 7) is 10.1. The number of nitrogens with one attached hydrogen (secondary N) is 1. The number of phenolic OH excluding ortho intramolecular Hbond substituents is 1. The summed E-state index contributed by atoms with van der Waals surface area (Å²) >= 11 is 0. The molecule has 2 aliphatic heterocycles. The number of carbonyl (C=O) groups excluding carboxylic acids is 10. The van der Waals surface area contributed by atoms with Gasteiger partial charge in [-0.25, -0.2) is 45.5 Å². The summed E-state index contributed by atoms with van der Waals surface area (Å²) in [6, 6.07) is 49.8. The number of esters is 2. The molecule has 0 atom stereocenters. The first-order chi connectivity index (χ1) is 59.4. The zero-order valence-electron chi connectivity index (χ0n) is 67.8. The van der Waals surface area contributed by atoms with E-state index < -0.39 is 111 Å². The Labute approximate surface area is 711 Å². The third-order valence-electron chi connectivity index (χ3n) is 17.6. The lowest BCUT2D eigenvalue weighted by Crippen LogP contribution is -2.51. The average Bonchev–Trinajstić information content (AvgIpc) is 1.01. The molecule has 0 radical (unpaired) electrons. The monoisotopic (exact) mass is 1730 g/mol. The lowest BCUT2D eigenvalue weighted by Gasteiger charge is -2.35. The van der Waals surface area contributed by atoms with Gasteiger partial charge in [0.2, 0.25) is 0 Å². The van der Waals surface area contributed by atoms with E-state index >= 15 is 0 Å². The first kappa shape index (κ1) is 96.6. The van der Waals surface area contributed by atoms with E-state index in [1.807, 2.05) is 20.8 Å². The Kier molecular flexibility index (Phi) is 35.8. The second-order valence-corrected chi connectivity index (χ2v) is 27.6.